The predicted molar refractivity (Wildman–Crippen MR) is 83.3 cm³/mol. The second-order valence-electron chi connectivity index (χ2n) is 5.00. The van der Waals surface area contributed by atoms with Crippen molar-refractivity contribution in [2.75, 3.05) is 27.2 Å². The van der Waals surface area contributed by atoms with Crippen LogP contribution in [0.2, 0.25) is 5.02 Å². The van der Waals surface area contributed by atoms with Gasteiger partial charge < -0.3 is 10.2 Å². The number of likely N-dealkylation sites (N-methyl/N-ethyl adjacent to an activating group) is 1. The van der Waals surface area contributed by atoms with Gasteiger partial charge in [-0.1, -0.05) is 18.5 Å². The lowest BCUT2D eigenvalue weighted by Crippen LogP contribution is -2.28. The highest BCUT2D eigenvalue weighted by molar-refractivity contribution is 6.31. The summed E-state index contributed by atoms with van der Waals surface area (Å²) in [5.41, 5.74) is 0.909. The molecule has 2 aromatic heterocycles. The maximum Gasteiger partial charge on any atom is 0.151 e. The van der Waals surface area contributed by atoms with E-state index < -0.39 is 0 Å². The van der Waals surface area contributed by atoms with E-state index in [0.717, 1.165) is 25.3 Å². The molecule has 0 fully saturated rings. The fraction of sp³-hybridized carbons (Fsp3) is 0.500. The molecule has 0 saturated carbocycles. The van der Waals surface area contributed by atoms with E-state index in [1.54, 1.807) is 24.7 Å². The zero-order valence-electron chi connectivity index (χ0n) is 12.6. The van der Waals surface area contributed by atoms with Crippen molar-refractivity contribution >= 4 is 11.6 Å². The predicted octanol–water partition coefficient (Wildman–Crippen LogP) is 1.59. The van der Waals surface area contributed by atoms with E-state index in [0.29, 0.717) is 10.8 Å². The van der Waals surface area contributed by atoms with Crippen molar-refractivity contribution in [3.8, 4) is 0 Å². The van der Waals surface area contributed by atoms with Crippen molar-refractivity contribution in [1.29, 1.82) is 0 Å². The molecule has 21 heavy (non-hydrogen) atoms. The summed E-state index contributed by atoms with van der Waals surface area (Å²) in [6.45, 7) is 4.49. The van der Waals surface area contributed by atoms with Crippen molar-refractivity contribution in [3.63, 3.8) is 0 Å². The molecule has 0 spiro atoms. The minimum absolute atomic E-state index is 0.159. The minimum atomic E-state index is -0.159. The van der Waals surface area contributed by atoms with Crippen LogP contribution in [0.4, 0.5) is 0 Å². The maximum atomic E-state index is 6.35. The van der Waals surface area contributed by atoms with Crippen LogP contribution in [0.15, 0.2) is 24.7 Å². The Bertz CT molecular complexity index is 554. The van der Waals surface area contributed by atoms with Crippen LogP contribution in [-0.4, -0.2) is 51.8 Å². The van der Waals surface area contributed by atoms with Gasteiger partial charge in [-0.15, -0.1) is 0 Å². The number of aromatic nitrogens is 4. The molecule has 2 aromatic rings. The molecule has 1 unspecified atom stereocenters. The van der Waals surface area contributed by atoms with E-state index in [2.05, 4.69) is 25.3 Å². The summed E-state index contributed by atoms with van der Waals surface area (Å²) in [5, 5.41) is 8.40. The molecule has 1 atom stereocenters. The Kier molecular flexibility index (Phi) is 5.67. The molecule has 0 aromatic carbocycles. The highest BCUT2D eigenvalue weighted by atomic mass is 35.5. The Morgan fingerprint density at radius 3 is 2.67 bits per heavy atom. The summed E-state index contributed by atoms with van der Waals surface area (Å²) in [6, 6.07) is 1.64. The Balaban J connectivity index is 2.34. The summed E-state index contributed by atoms with van der Waals surface area (Å²) in [7, 11) is 4.07. The fourth-order valence-electron chi connectivity index (χ4n) is 2.11. The standard InChI is InChI=1S/C14H21ClN6/c1-4-16-12(14-17-6-5-7-18-14)13-11(15)10-19-21(13)9-8-20(2)3/h5-7,10,12,16H,4,8-9H2,1-3H3. The molecule has 2 heterocycles. The summed E-state index contributed by atoms with van der Waals surface area (Å²) < 4.78 is 1.92. The third-order valence-corrected chi connectivity index (χ3v) is 3.41. The average molecular weight is 309 g/mol. The molecule has 7 heteroatoms. The second kappa shape index (κ2) is 7.49. The van der Waals surface area contributed by atoms with Crippen LogP contribution in [0.1, 0.15) is 24.5 Å². The van der Waals surface area contributed by atoms with Crippen LogP contribution < -0.4 is 5.32 Å². The Labute approximate surface area is 130 Å². The minimum Gasteiger partial charge on any atom is -0.308 e. The lowest BCUT2D eigenvalue weighted by molar-refractivity contribution is 0.365. The van der Waals surface area contributed by atoms with Crippen LogP contribution in [0, 0.1) is 0 Å². The molecular formula is C14H21ClN6. The summed E-state index contributed by atoms with van der Waals surface area (Å²) in [5.74, 6) is 0.702. The monoisotopic (exact) mass is 308 g/mol. The second-order valence-corrected chi connectivity index (χ2v) is 5.41. The van der Waals surface area contributed by atoms with Crippen molar-refractivity contribution in [1.82, 2.24) is 30.0 Å². The lowest BCUT2D eigenvalue weighted by Gasteiger charge is -2.19. The van der Waals surface area contributed by atoms with Gasteiger partial charge >= 0.3 is 0 Å². The van der Waals surface area contributed by atoms with Crippen molar-refractivity contribution in [2.45, 2.75) is 19.5 Å². The number of rotatable bonds is 7. The van der Waals surface area contributed by atoms with Gasteiger partial charge in [0.05, 0.1) is 23.5 Å². The SMILES string of the molecule is CCNC(c1ncccn1)c1c(Cl)cnn1CCN(C)C. The molecule has 114 valence electrons. The van der Waals surface area contributed by atoms with Gasteiger partial charge in [0.25, 0.3) is 0 Å². The third-order valence-electron chi connectivity index (χ3n) is 3.12. The zero-order chi connectivity index (χ0) is 15.2. The Morgan fingerprint density at radius 1 is 1.33 bits per heavy atom. The van der Waals surface area contributed by atoms with Crippen molar-refractivity contribution < 1.29 is 0 Å². The van der Waals surface area contributed by atoms with Crippen molar-refractivity contribution in [3.05, 3.63) is 41.2 Å². The first kappa shape index (κ1) is 15.9. The van der Waals surface area contributed by atoms with Crippen LogP contribution in [-0.2, 0) is 6.54 Å². The molecule has 0 radical (unpaired) electrons. The van der Waals surface area contributed by atoms with Crippen LogP contribution in [0.5, 0.6) is 0 Å². The number of hydrogen-bond acceptors (Lipinski definition) is 5. The van der Waals surface area contributed by atoms with Gasteiger partial charge in [0.2, 0.25) is 0 Å². The van der Waals surface area contributed by atoms with Gasteiger partial charge in [-0.2, -0.15) is 5.10 Å². The fourth-order valence-corrected chi connectivity index (χ4v) is 2.36. The Morgan fingerprint density at radius 2 is 2.05 bits per heavy atom. The molecule has 0 amide bonds. The first-order chi connectivity index (χ1) is 10.1. The molecule has 0 bridgehead atoms. The van der Waals surface area contributed by atoms with Crippen LogP contribution in [0.3, 0.4) is 0 Å². The van der Waals surface area contributed by atoms with Crippen LogP contribution in [0.25, 0.3) is 0 Å². The van der Waals surface area contributed by atoms with Crippen molar-refractivity contribution in [2.24, 2.45) is 0 Å². The lowest BCUT2D eigenvalue weighted by atomic mass is 10.2. The van der Waals surface area contributed by atoms with Gasteiger partial charge in [-0.05, 0) is 26.7 Å². The average Bonchev–Trinajstić information content (AvgIpc) is 2.84. The van der Waals surface area contributed by atoms with E-state index in [9.17, 15) is 0 Å². The topological polar surface area (TPSA) is 58.9 Å². The van der Waals surface area contributed by atoms with E-state index in [-0.39, 0.29) is 6.04 Å². The molecule has 2 rings (SSSR count). The third kappa shape index (κ3) is 4.00. The maximum absolute atomic E-state index is 6.35. The molecule has 0 aliphatic carbocycles. The van der Waals surface area contributed by atoms with Gasteiger partial charge in [0, 0.05) is 18.9 Å². The molecule has 6 nitrogen and oxygen atoms in total. The van der Waals surface area contributed by atoms with E-state index in [1.807, 2.05) is 25.7 Å². The van der Waals surface area contributed by atoms with Gasteiger partial charge in [0.1, 0.15) is 6.04 Å². The van der Waals surface area contributed by atoms with E-state index in [1.165, 1.54) is 0 Å². The number of halogens is 1. The zero-order valence-corrected chi connectivity index (χ0v) is 13.4. The van der Waals surface area contributed by atoms with E-state index >= 15 is 0 Å². The largest absolute Gasteiger partial charge is 0.308 e. The van der Waals surface area contributed by atoms with E-state index in [4.69, 9.17) is 11.6 Å². The number of hydrogen-bond donors (Lipinski definition) is 1. The van der Waals surface area contributed by atoms with Gasteiger partial charge in [-0.25, -0.2) is 9.97 Å². The smallest absolute Gasteiger partial charge is 0.151 e. The van der Waals surface area contributed by atoms with Gasteiger partial charge in [-0.3, -0.25) is 4.68 Å². The molecule has 0 saturated heterocycles. The molecule has 1 N–H and O–H groups in total. The first-order valence-corrected chi connectivity index (χ1v) is 7.37. The summed E-state index contributed by atoms with van der Waals surface area (Å²) >= 11 is 6.35. The highest BCUT2D eigenvalue weighted by Crippen LogP contribution is 2.26. The Hall–Kier alpha value is -1.50. The number of nitrogens with one attached hydrogen (secondary N) is 1. The molecule has 0 aliphatic rings. The van der Waals surface area contributed by atoms with Gasteiger partial charge in [0.15, 0.2) is 5.82 Å². The number of nitrogens with zero attached hydrogens (tertiary/aromatic N) is 5. The summed E-state index contributed by atoms with van der Waals surface area (Å²) in [6.07, 6.45) is 5.15. The first-order valence-electron chi connectivity index (χ1n) is 6.99. The molecular weight excluding hydrogens is 288 g/mol. The molecule has 0 aliphatic heterocycles. The normalized spacial score (nSPS) is 12.8. The highest BCUT2D eigenvalue weighted by Gasteiger charge is 2.23. The quantitative estimate of drug-likeness (QED) is 0.841. The summed E-state index contributed by atoms with van der Waals surface area (Å²) in [4.78, 5) is 10.8. The van der Waals surface area contributed by atoms with Crippen LogP contribution >= 0.6 is 11.6 Å².